The van der Waals surface area contributed by atoms with E-state index in [1.165, 1.54) is 27.5 Å². The second-order valence-corrected chi connectivity index (χ2v) is 8.27. The van der Waals surface area contributed by atoms with Crippen LogP contribution in [0.3, 0.4) is 0 Å². The maximum absolute atomic E-state index is 5.00. The van der Waals surface area contributed by atoms with Gasteiger partial charge >= 0.3 is 0 Å². The van der Waals surface area contributed by atoms with Crippen molar-refractivity contribution in [1.29, 1.82) is 0 Å². The Balaban J connectivity index is 1.84. The molecule has 142 valence electrons. The zero-order valence-electron chi connectivity index (χ0n) is 16.6. The Kier molecular flexibility index (Phi) is 5.00. The number of fused-ring (bicyclic) bond motifs is 1. The smallest absolute Gasteiger partial charge is 0.158 e. The van der Waals surface area contributed by atoms with Gasteiger partial charge in [0.05, 0.1) is 23.0 Å². The molecule has 5 nitrogen and oxygen atoms in total. The minimum atomic E-state index is 0.326. The summed E-state index contributed by atoms with van der Waals surface area (Å²) in [4.78, 5) is 11.6. The summed E-state index contributed by atoms with van der Waals surface area (Å²) in [6, 6.07) is 2.09. The lowest BCUT2D eigenvalue weighted by Crippen LogP contribution is -2.26. The first-order valence-electron chi connectivity index (χ1n) is 9.76. The average Bonchev–Trinajstić information content (AvgIpc) is 3.28. The van der Waals surface area contributed by atoms with Crippen molar-refractivity contribution >= 4 is 22.8 Å². The standard InChI is InChI=1S/C21H27N5S/c1-5-7-17(21-23-11-13-27-21)19-16-8-6-12-26(20(16)24-25(19)4)18-14(2)9-10-22-15(18)3/h9-11,13,17H,5-8,12H2,1-4H3. The van der Waals surface area contributed by atoms with Gasteiger partial charge in [-0.3, -0.25) is 9.67 Å². The molecule has 0 amide bonds. The van der Waals surface area contributed by atoms with Crippen LogP contribution in [0.5, 0.6) is 0 Å². The summed E-state index contributed by atoms with van der Waals surface area (Å²) in [7, 11) is 2.09. The summed E-state index contributed by atoms with van der Waals surface area (Å²) >= 11 is 1.75. The van der Waals surface area contributed by atoms with Gasteiger partial charge in [0.2, 0.25) is 0 Å². The second-order valence-electron chi connectivity index (χ2n) is 7.34. The number of nitrogens with zero attached hydrogens (tertiary/aromatic N) is 5. The van der Waals surface area contributed by atoms with Gasteiger partial charge in [-0.1, -0.05) is 13.3 Å². The van der Waals surface area contributed by atoms with Crippen LogP contribution in [0.15, 0.2) is 23.8 Å². The van der Waals surface area contributed by atoms with Gasteiger partial charge in [0.25, 0.3) is 0 Å². The molecule has 0 radical (unpaired) electrons. The number of pyridine rings is 1. The average molecular weight is 382 g/mol. The van der Waals surface area contributed by atoms with Crippen LogP contribution < -0.4 is 4.90 Å². The van der Waals surface area contributed by atoms with E-state index in [4.69, 9.17) is 5.10 Å². The Labute approximate surface area is 165 Å². The molecule has 4 heterocycles. The molecule has 1 atom stereocenters. The fourth-order valence-electron chi connectivity index (χ4n) is 4.36. The third kappa shape index (κ3) is 3.16. The molecule has 0 aliphatic carbocycles. The Hall–Kier alpha value is -2.21. The molecule has 0 spiro atoms. The lowest BCUT2D eigenvalue weighted by Gasteiger charge is -2.30. The predicted molar refractivity (Wildman–Crippen MR) is 111 cm³/mol. The number of hydrogen-bond donors (Lipinski definition) is 0. The number of aryl methyl sites for hydroxylation is 3. The molecular formula is C21H27N5S. The maximum Gasteiger partial charge on any atom is 0.158 e. The van der Waals surface area contributed by atoms with E-state index in [-0.39, 0.29) is 0 Å². The molecule has 3 aromatic heterocycles. The number of thiazole rings is 1. The molecule has 4 rings (SSSR count). The van der Waals surface area contributed by atoms with Gasteiger partial charge in [-0.25, -0.2) is 4.98 Å². The maximum atomic E-state index is 5.00. The zero-order chi connectivity index (χ0) is 19.0. The van der Waals surface area contributed by atoms with Crippen LogP contribution >= 0.6 is 11.3 Å². The van der Waals surface area contributed by atoms with E-state index in [2.05, 4.69) is 58.8 Å². The summed E-state index contributed by atoms with van der Waals surface area (Å²) in [5.74, 6) is 1.43. The Morgan fingerprint density at radius 3 is 2.78 bits per heavy atom. The topological polar surface area (TPSA) is 46.8 Å². The number of anilines is 2. The van der Waals surface area contributed by atoms with E-state index < -0.39 is 0 Å². The molecule has 6 heteroatoms. The largest absolute Gasteiger partial charge is 0.323 e. The summed E-state index contributed by atoms with van der Waals surface area (Å²) in [5, 5.41) is 8.28. The number of rotatable bonds is 5. The van der Waals surface area contributed by atoms with Crippen LogP contribution in [0.2, 0.25) is 0 Å². The lowest BCUT2D eigenvalue weighted by atomic mass is 9.93. The Morgan fingerprint density at radius 1 is 1.22 bits per heavy atom. The molecular weight excluding hydrogens is 354 g/mol. The highest BCUT2D eigenvalue weighted by Gasteiger charge is 2.32. The van der Waals surface area contributed by atoms with Crippen molar-refractivity contribution in [2.75, 3.05) is 11.4 Å². The molecule has 1 aliphatic heterocycles. The van der Waals surface area contributed by atoms with E-state index in [9.17, 15) is 0 Å². The summed E-state index contributed by atoms with van der Waals surface area (Å²) in [6.07, 6.45) is 8.26. The first-order valence-corrected chi connectivity index (χ1v) is 10.6. The van der Waals surface area contributed by atoms with Crippen molar-refractivity contribution in [2.24, 2.45) is 7.05 Å². The number of aromatic nitrogens is 4. The molecule has 0 fully saturated rings. The predicted octanol–water partition coefficient (Wildman–Crippen LogP) is 4.90. The molecule has 0 aromatic carbocycles. The fourth-order valence-corrected chi connectivity index (χ4v) is 5.14. The number of hydrogen-bond acceptors (Lipinski definition) is 5. The van der Waals surface area contributed by atoms with Crippen LogP contribution in [-0.4, -0.2) is 26.3 Å². The molecule has 3 aromatic rings. The van der Waals surface area contributed by atoms with E-state index in [1.54, 1.807) is 11.3 Å². The minimum absolute atomic E-state index is 0.326. The highest BCUT2D eigenvalue weighted by molar-refractivity contribution is 7.09. The lowest BCUT2D eigenvalue weighted by molar-refractivity contribution is 0.610. The van der Waals surface area contributed by atoms with Crippen molar-refractivity contribution in [3.05, 3.63) is 51.4 Å². The minimum Gasteiger partial charge on any atom is -0.323 e. The third-order valence-corrected chi connectivity index (χ3v) is 6.36. The Morgan fingerprint density at radius 2 is 2.07 bits per heavy atom. The van der Waals surface area contributed by atoms with E-state index in [0.717, 1.165) is 43.7 Å². The van der Waals surface area contributed by atoms with Crippen molar-refractivity contribution in [3.63, 3.8) is 0 Å². The van der Waals surface area contributed by atoms with Crippen LogP contribution in [-0.2, 0) is 13.5 Å². The van der Waals surface area contributed by atoms with E-state index >= 15 is 0 Å². The van der Waals surface area contributed by atoms with Crippen molar-refractivity contribution < 1.29 is 0 Å². The SMILES string of the molecule is CCCC(c1nccs1)c1c2c(nn1C)N(c1c(C)ccnc1C)CCC2. The van der Waals surface area contributed by atoms with Crippen molar-refractivity contribution in [1.82, 2.24) is 19.7 Å². The van der Waals surface area contributed by atoms with Gasteiger partial charge < -0.3 is 4.90 Å². The second kappa shape index (κ2) is 7.43. The molecule has 1 aliphatic rings. The fraction of sp³-hybridized carbons (Fsp3) is 0.476. The van der Waals surface area contributed by atoms with Gasteiger partial charge in [-0.2, -0.15) is 5.10 Å². The van der Waals surface area contributed by atoms with Crippen LogP contribution in [0, 0.1) is 13.8 Å². The third-order valence-electron chi connectivity index (χ3n) is 5.47. The molecule has 0 saturated heterocycles. The van der Waals surface area contributed by atoms with E-state index in [1.807, 2.05) is 12.4 Å². The quantitative estimate of drug-likeness (QED) is 0.630. The molecule has 0 bridgehead atoms. The highest BCUT2D eigenvalue weighted by Crippen LogP contribution is 2.41. The monoisotopic (exact) mass is 381 g/mol. The van der Waals surface area contributed by atoms with Gasteiger partial charge in [0.1, 0.15) is 5.01 Å². The molecule has 0 saturated carbocycles. The summed E-state index contributed by atoms with van der Waals surface area (Å²) in [5.41, 5.74) is 6.27. The normalized spacial score (nSPS) is 15.0. The Bertz CT molecular complexity index is 908. The van der Waals surface area contributed by atoms with Gasteiger partial charge in [0.15, 0.2) is 5.82 Å². The summed E-state index contributed by atoms with van der Waals surface area (Å²) in [6.45, 7) is 7.50. The molecule has 0 N–H and O–H groups in total. The first-order chi connectivity index (χ1) is 13.1. The van der Waals surface area contributed by atoms with Crippen LogP contribution in [0.25, 0.3) is 0 Å². The van der Waals surface area contributed by atoms with Gasteiger partial charge in [-0.05, 0) is 44.7 Å². The highest BCUT2D eigenvalue weighted by atomic mass is 32.1. The van der Waals surface area contributed by atoms with Crippen molar-refractivity contribution in [3.8, 4) is 0 Å². The summed E-state index contributed by atoms with van der Waals surface area (Å²) < 4.78 is 2.10. The van der Waals surface area contributed by atoms with Crippen LogP contribution in [0.1, 0.15) is 59.6 Å². The molecule has 1 unspecified atom stereocenters. The van der Waals surface area contributed by atoms with E-state index in [0.29, 0.717) is 5.92 Å². The van der Waals surface area contributed by atoms with Gasteiger partial charge in [0, 0.05) is 36.9 Å². The molecule has 27 heavy (non-hydrogen) atoms. The first kappa shape index (κ1) is 18.2. The van der Waals surface area contributed by atoms with Gasteiger partial charge in [-0.15, -0.1) is 11.3 Å². The zero-order valence-corrected chi connectivity index (χ0v) is 17.4. The van der Waals surface area contributed by atoms with Crippen LogP contribution in [0.4, 0.5) is 11.5 Å². The van der Waals surface area contributed by atoms with Crippen molar-refractivity contribution in [2.45, 2.75) is 52.4 Å².